The molecule has 1 aliphatic heterocycles. The zero-order valence-corrected chi connectivity index (χ0v) is 14.9. The molecule has 0 atom stereocenters. The summed E-state index contributed by atoms with van der Waals surface area (Å²) in [7, 11) is 1.63. The van der Waals surface area contributed by atoms with Crippen molar-refractivity contribution in [1.29, 1.82) is 0 Å². The van der Waals surface area contributed by atoms with Gasteiger partial charge >= 0.3 is 0 Å². The van der Waals surface area contributed by atoms with Gasteiger partial charge in [0.15, 0.2) is 0 Å². The largest absolute Gasteiger partial charge is 0.497 e. The molecule has 3 rings (SSSR count). The number of hydrogen-bond donors (Lipinski definition) is 0. The predicted octanol–water partition coefficient (Wildman–Crippen LogP) is 3.09. The summed E-state index contributed by atoms with van der Waals surface area (Å²) in [5.74, 6) is 0.895. The van der Waals surface area contributed by atoms with E-state index in [4.69, 9.17) is 4.74 Å². The van der Waals surface area contributed by atoms with Crippen molar-refractivity contribution in [2.45, 2.75) is 12.8 Å². The molecule has 1 fully saturated rings. The summed E-state index contributed by atoms with van der Waals surface area (Å²) in [6.45, 7) is 4.61. The number of nitrogens with zero attached hydrogens (tertiary/aromatic N) is 2. The fourth-order valence-electron chi connectivity index (χ4n) is 3.24. The van der Waals surface area contributed by atoms with E-state index in [9.17, 15) is 4.79 Å². The number of ether oxygens (including phenoxy) is 1. The third-order valence-corrected chi connectivity index (χ3v) is 4.78. The van der Waals surface area contributed by atoms with Crippen molar-refractivity contribution in [2.75, 3.05) is 39.8 Å². The Kier molecular flexibility index (Phi) is 6.07. The van der Waals surface area contributed by atoms with Gasteiger partial charge in [-0.05, 0) is 49.2 Å². The number of aryl methyl sites for hydroxylation is 1. The van der Waals surface area contributed by atoms with Gasteiger partial charge < -0.3 is 9.64 Å². The quantitative estimate of drug-likeness (QED) is 0.811. The third-order valence-electron chi connectivity index (χ3n) is 4.78. The number of carbonyl (C=O) groups is 1. The highest BCUT2D eigenvalue weighted by Crippen LogP contribution is 2.14. The van der Waals surface area contributed by atoms with Gasteiger partial charge in [-0.15, -0.1) is 0 Å². The molecule has 1 aliphatic rings. The normalized spacial score (nSPS) is 15.2. The minimum Gasteiger partial charge on any atom is -0.497 e. The fourth-order valence-corrected chi connectivity index (χ4v) is 3.24. The van der Waals surface area contributed by atoms with E-state index >= 15 is 0 Å². The van der Waals surface area contributed by atoms with Crippen molar-refractivity contribution in [1.82, 2.24) is 9.80 Å². The SMILES string of the molecule is COc1ccc(C(=O)N2CCN(CCCc3ccccc3)CC2)cc1. The van der Waals surface area contributed by atoms with Gasteiger partial charge in [0.25, 0.3) is 5.91 Å². The van der Waals surface area contributed by atoms with Crippen molar-refractivity contribution in [2.24, 2.45) is 0 Å². The highest BCUT2D eigenvalue weighted by atomic mass is 16.5. The summed E-state index contributed by atoms with van der Waals surface area (Å²) in [4.78, 5) is 17.0. The molecule has 0 N–H and O–H groups in total. The van der Waals surface area contributed by atoms with Crippen LogP contribution < -0.4 is 4.74 Å². The third kappa shape index (κ3) is 4.83. The van der Waals surface area contributed by atoms with Crippen molar-refractivity contribution in [3.63, 3.8) is 0 Å². The first-order chi connectivity index (χ1) is 12.3. The van der Waals surface area contributed by atoms with Crippen LogP contribution in [0.2, 0.25) is 0 Å². The van der Waals surface area contributed by atoms with Crippen LogP contribution in [0.1, 0.15) is 22.3 Å². The van der Waals surface area contributed by atoms with Crippen molar-refractivity contribution >= 4 is 5.91 Å². The smallest absolute Gasteiger partial charge is 0.253 e. The molecule has 0 spiro atoms. The summed E-state index contributed by atoms with van der Waals surface area (Å²) in [6, 6.07) is 18.0. The maximum absolute atomic E-state index is 12.6. The molecule has 1 heterocycles. The van der Waals surface area contributed by atoms with Crippen molar-refractivity contribution in [3.05, 3.63) is 65.7 Å². The Bertz CT molecular complexity index is 662. The van der Waals surface area contributed by atoms with Gasteiger partial charge in [-0.1, -0.05) is 30.3 Å². The van der Waals surface area contributed by atoms with Crippen LogP contribution in [0.5, 0.6) is 5.75 Å². The van der Waals surface area contributed by atoms with Crippen LogP contribution in [0.4, 0.5) is 0 Å². The first-order valence-corrected chi connectivity index (χ1v) is 8.96. The molecule has 25 heavy (non-hydrogen) atoms. The molecule has 1 saturated heterocycles. The lowest BCUT2D eigenvalue weighted by atomic mass is 10.1. The number of carbonyl (C=O) groups excluding carboxylic acids is 1. The van der Waals surface area contributed by atoms with E-state index in [0.717, 1.165) is 56.9 Å². The first-order valence-electron chi connectivity index (χ1n) is 8.96. The number of hydrogen-bond acceptors (Lipinski definition) is 3. The molecule has 0 bridgehead atoms. The van der Waals surface area contributed by atoms with Gasteiger partial charge in [0, 0.05) is 31.7 Å². The molecule has 2 aromatic rings. The molecule has 4 heteroatoms. The minimum absolute atomic E-state index is 0.117. The van der Waals surface area contributed by atoms with Crippen molar-refractivity contribution < 1.29 is 9.53 Å². The molecular formula is C21H26N2O2. The van der Waals surface area contributed by atoms with Crippen LogP contribution in [0.25, 0.3) is 0 Å². The molecule has 1 amide bonds. The minimum atomic E-state index is 0.117. The van der Waals surface area contributed by atoms with Gasteiger partial charge in [0.2, 0.25) is 0 Å². The van der Waals surface area contributed by atoms with Crippen LogP contribution in [0, 0.1) is 0 Å². The maximum Gasteiger partial charge on any atom is 0.253 e. The van der Waals surface area contributed by atoms with E-state index in [2.05, 4.69) is 35.2 Å². The average molecular weight is 338 g/mol. The summed E-state index contributed by atoms with van der Waals surface area (Å²) in [5, 5.41) is 0. The number of benzene rings is 2. The van der Waals surface area contributed by atoms with Gasteiger partial charge in [-0.3, -0.25) is 9.69 Å². The summed E-state index contributed by atoms with van der Waals surface area (Å²) in [5.41, 5.74) is 2.13. The Morgan fingerprint density at radius 1 is 0.960 bits per heavy atom. The zero-order chi connectivity index (χ0) is 17.5. The average Bonchev–Trinajstić information content (AvgIpc) is 2.69. The van der Waals surface area contributed by atoms with Crippen LogP contribution in [0.15, 0.2) is 54.6 Å². The number of piperazine rings is 1. The molecule has 0 saturated carbocycles. The zero-order valence-electron chi connectivity index (χ0n) is 14.9. The number of rotatable bonds is 6. The van der Waals surface area contributed by atoms with Crippen LogP contribution in [-0.4, -0.2) is 55.5 Å². The Hall–Kier alpha value is -2.33. The van der Waals surface area contributed by atoms with Gasteiger partial charge in [0.05, 0.1) is 7.11 Å². The van der Waals surface area contributed by atoms with Gasteiger partial charge in [-0.25, -0.2) is 0 Å². The van der Waals surface area contributed by atoms with Crippen LogP contribution in [-0.2, 0) is 6.42 Å². The number of amides is 1. The molecule has 4 nitrogen and oxygen atoms in total. The fraction of sp³-hybridized carbons (Fsp3) is 0.381. The second-order valence-corrected chi connectivity index (χ2v) is 6.45. The first kappa shape index (κ1) is 17.5. The van der Waals surface area contributed by atoms with Gasteiger partial charge in [0.1, 0.15) is 5.75 Å². The summed E-state index contributed by atoms with van der Waals surface area (Å²) < 4.78 is 5.15. The summed E-state index contributed by atoms with van der Waals surface area (Å²) in [6.07, 6.45) is 2.28. The van der Waals surface area contributed by atoms with E-state index in [1.807, 2.05) is 29.2 Å². The monoisotopic (exact) mass is 338 g/mol. The summed E-state index contributed by atoms with van der Waals surface area (Å²) >= 11 is 0. The van der Waals surface area contributed by atoms with Crippen LogP contribution >= 0.6 is 0 Å². The lowest BCUT2D eigenvalue weighted by Gasteiger charge is -2.34. The molecule has 0 aliphatic carbocycles. The van der Waals surface area contributed by atoms with E-state index in [0.29, 0.717) is 0 Å². The van der Waals surface area contributed by atoms with Gasteiger partial charge in [-0.2, -0.15) is 0 Å². The lowest BCUT2D eigenvalue weighted by Crippen LogP contribution is -2.48. The second kappa shape index (κ2) is 8.67. The molecular weight excluding hydrogens is 312 g/mol. The Labute approximate surface area is 150 Å². The Morgan fingerprint density at radius 3 is 2.28 bits per heavy atom. The highest BCUT2D eigenvalue weighted by Gasteiger charge is 2.21. The lowest BCUT2D eigenvalue weighted by molar-refractivity contribution is 0.0636. The molecule has 0 aromatic heterocycles. The molecule has 2 aromatic carbocycles. The molecule has 0 radical (unpaired) electrons. The van der Waals surface area contributed by atoms with E-state index < -0.39 is 0 Å². The standard InChI is InChI=1S/C21H26N2O2/c1-25-20-11-9-19(10-12-20)21(24)23-16-14-22(15-17-23)13-5-8-18-6-3-2-4-7-18/h2-4,6-7,9-12H,5,8,13-17H2,1H3. The molecule has 0 unspecified atom stereocenters. The van der Waals surface area contributed by atoms with Crippen LogP contribution in [0.3, 0.4) is 0 Å². The predicted molar refractivity (Wildman–Crippen MR) is 100 cm³/mol. The maximum atomic E-state index is 12.6. The van der Waals surface area contributed by atoms with E-state index in [1.54, 1.807) is 7.11 Å². The van der Waals surface area contributed by atoms with E-state index in [-0.39, 0.29) is 5.91 Å². The Morgan fingerprint density at radius 2 is 1.64 bits per heavy atom. The van der Waals surface area contributed by atoms with E-state index in [1.165, 1.54) is 5.56 Å². The number of methoxy groups -OCH3 is 1. The van der Waals surface area contributed by atoms with Crippen molar-refractivity contribution in [3.8, 4) is 5.75 Å². The topological polar surface area (TPSA) is 32.8 Å². The molecule has 132 valence electrons. The second-order valence-electron chi connectivity index (χ2n) is 6.45. The Balaban J connectivity index is 1.42. The highest BCUT2D eigenvalue weighted by molar-refractivity contribution is 5.94.